The molecule has 2 aliphatic rings. The second kappa shape index (κ2) is 7.23. The average molecular weight is 404 g/mol. The largest absolute Gasteiger partial charge is 0.463 e. The van der Waals surface area contributed by atoms with Crippen molar-refractivity contribution in [2.45, 2.75) is 39.0 Å². The zero-order valence-electron chi connectivity index (χ0n) is 14.4. The van der Waals surface area contributed by atoms with Gasteiger partial charge in [0, 0.05) is 42.7 Å². The maximum atomic E-state index is 5.80. The van der Waals surface area contributed by atoms with E-state index in [4.69, 9.17) is 9.72 Å². The third-order valence-electron chi connectivity index (χ3n) is 4.89. The van der Waals surface area contributed by atoms with Crippen LogP contribution in [0, 0.1) is 12.8 Å². The van der Waals surface area contributed by atoms with Crippen LogP contribution in [0.3, 0.4) is 0 Å². The Hall–Kier alpha value is -1.76. The first-order valence-corrected chi connectivity index (χ1v) is 9.70. The molecular weight excluding hydrogens is 382 g/mol. The normalized spacial score (nSPS) is 19.8. The van der Waals surface area contributed by atoms with Gasteiger partial charge >= 0.3 is 6.01 Å². The molecule has 2 aromatic rings. The standard InChI is InChI=1S/C18H22BrN5O/c1-12-22-16-6-2-5-15(16)17(23-12)24-7-3-4-13(10-24)11-25-18-20-8-14(19)9-21-18/h8-9,13H,2-7,10-11H2,1H3. The minimum atomic E-state index is 0.444. The maximum Gasteiger partial charge on any atom is 0.316 e. The number of anilines is 1. The van der Waals surface area contributed by atoms with Crippen LogP contribution in [-0.2, 0) is 12.8 Å². The molecule has 0 aromatic carbocycles. The van der Waals surface area contributed by atoms with Crippen molar-refractivity contribution in [1.29, 1.82) is 0 Å². The van der Waals surface area contributed by atoms with Crippen LogP contribution < -0.4 is 9.64 Å². The summed E-state index contributed by atoms with van der Waals surface area (Å²) in [6.07, 6.45) is 9.14. The zero-order valence-corrected chi connectivity index (χ0v) is 16.0. The number of aromatic nitrogens is 4. The Balaban J connectivity index is 1.44. The molecule has 0 radical (unpaired) electrons. The highest BCUT2D eigenvalue weighted by Crippen LogP contribution is 2.31. The van der Waals surface area contributed by atoms with Gasteiger partial charge in [-0.1, -0.05) is 0 Å². The smallest absolute Gasteiger partial charge is 0.316 e. The van der Waals surface area contributed by atoms with Crippen molar-refractivity contribution in [2.75, 3.05) is 24.6 Å². The van der Waals surface area contributed by atoms with Gasteiger partial charge in [-0.15, -0.1) is 0 Å². The Labute approximate surface area is 156 Å². The average Bonchev–Trinajstić information content (AvgIpc) is 3.09. The predicted molar refractivity (Wildman–Crippen MR) is 99.0 cm³/mol. The van der Waals surface area contributed by atoms with E-state index in [1.54, 1.807) is 12.4 Å². The molecule has 4 rings (SSSR count). The molecule has 1 saturated heterocycles. The monoisotopic (exact) mass is 403 g/mol. The van der Waals surface area contributed by atoms with E-state index in [1.807, 2.05) is 6.92 Å². The number of nitrogens with zero attached hydrogens (tertiary/aromatic N) is 5. The number of aryl methyl sites for hydroxylation is 2. The van der Waals surface area contributed by atoms with Gasteiger partial charge in [0.15, 0.2) is 0 Å². The number of hydrogen-bond donors (Lipinski definition) is 0. The summed E-state index contributed by atoms with van der Waals surface area (Å²) < 4.78 is 6.66. The predicted octanol–water partition coefficient (Wildman–Crippen LogP) is 3.12. The molecule has 6 nitrogen and oxygen atoms in total. The van der Waals surface area contributed by atoms with Gasteiger partial charge in [-0.2, -0.15) is 0 Å². The summed E-state index contributed by atoms with van der Waals surface area (Å²) in [6, 6.07) is 0.444. The van der Waals surface area contributed by atoms with E-state index in [0.717, 1.165) is 48.5 Å². The number of hydrogen-bond acceptors (Lipinski definition) is 6. The van der Waals surface area contributed by atoms with Crippen LogP contribution in [0.4, 0.5) is 5.82 Å². The van der Waals surface area contributed by atoms with Crippen molar-refractivity contribution in [1.82, 2.24) is 19.9 Å². The van der Waals surface area contributed by atoms with Crippen molar-refractivity contribution in [2.24, 2.45) is 5.92 Å². The highest BCUT2D eigenvalue weighted by Gasteiger charge is 2.27. The second-order valence-electron chi connectivity index (χ2n) is 6.82. The van der Waals surface area contributed by atoms with E-state index in [0.29, 0.717) is 18.5 Å². The first-order valence-electron chi connectivity index (χ1n) is 8.91. The van der Waals surface area contributed by atoms with Crippen LogP contribution in [0.25, 0.3) is 0 Å². The van der Waals surface area contributed by atoms with Gasteiger partial charge in [0.25, 0.3) is 0 Å². The molecule has 2 aromatic heterocycles. The molecule has 1 fully saturated rings. The molecule has 3 heterocycles. The van der Waals surface area contributed by atoms with Crippen molar-refractivity contribution < 1.29 is 4.74 Å². The van der Waals surface area contributed by atoms with Gasteiger partial charge < -0.3 is 9.64 Å². The topological polar surface area (TPSA) is 64.0 Å². The lowest BCUT2D eigenvalue weighted by Gasteiger charge is -2.34. The molecule has 0 N–H and O–H groups in total. The summed E-state index contributed by atoms with van der Waals surface area (Å²) in [5.74, 6) is 2.51. The number of piperidine rings is 1. The molecule has 25 heavy (non-hydrogen) atoms. The highest BCUT2D eigenvalue weighted by molar-refractivity contribution is 9.10. The molecule has 0 bridgehead atoms. The van der Waals surface area contributed by atoms with E-state index < -0.39 is 0 Å². The molecular formula is C18H22BrN5O. The number of fused-ring (bicyclic) bond motifs is 1. The quantitative estimate of drug-likeness (QED) is 0.781. The van der Waals surface area contributed by atoms with Gasteiger partial charge in [0.1, 0.15) is 11.6 Å². The summed E-state index contributed by atoms with van der Waals surface area (Å²) in [5, 5.41) is 0. The fourth-order valence-electron chi connectivity index (χ4n) is 3.76. The molecule has 132 valence electrons. The molecule has 1 unspecified atom stereocenters. The highest BCUT2D eigenvalue weighted by atomic mass is 79.9. The van der Waals surface area contributed by atoms with E-state index in [1.165, 1.54) is 24.1 Å². The molecule has 1 aliphatic carbocycles. The van der Waals surface area contributed by atoms with Crippen LogP contribution in [-0.4, -0.2) is 39.6 Å². The Kier molecular flexibility index (Phi) is 4.83. The molecule has 0 spiro atoms. The summed E-state index contributed by atoms with van der Waals surface area (Å²) in [7, 11) is 0. The lowest BCUT2D eigenvalue weighted by Crippen LogP contribution is -2.39. The Morgan fingerprint density at radius 3 is 2.88 bits per heavy atom. The summed E-state index contributed by atoms with van der Waals surface area (Å²) in [6.45, 7) is 4.68. The van der Waals surface area contributed by atoms with Gasteiger partial charge in [-0.25, -0.2) is 19.9 Å². The Morgan fingerprint density at radius 2 is 2.04 bits per heavy atom. The van der Waals surface area contributed by atoms with E-state index >= 15 is 0 Å². The van der Waals surface area contributed by atoms with E-state index in [-0.39, 0.29) is 0 Å². The maximum absolute atomic E-state index is 5.80. The number of rotatable bonds is 4. The number of ether oxygens (including phenoxy) is 1. The molecule has 7 heteroatoms. The van der Waals surface area contributed by atoms with Crippen LogP contribution >= 0.6 is 15.9 Å². The SMILES string of the molecule is Cc1nc2c(c(N3CCCC(COc4ncc(Br)cn4)C3)n1)CCC2. The number of halogens is 1. The lowest BCUT2D eigenvalue weighted by atomic mass is 9.98. The fraction of sp³-hybridized carbons (Fsp3) is 0.556. The van der Waals surface area contributed by atoms with Crippen LogP contribution in [0.2, 0.25) is 0 Å². The van der Waals surface area contributed by atoms with Gasteiger partial charge in [-0.05, 0) is 55.0 Å². The van der Waals surface area contributed by atoms with Crippen molar-refractivity contribution >= 4 is 21.7 Å². The van der Waals surface area contributed by atoms with Crippen molar-refractivity contribution in [3.63, 3.8) is 0 Å². The molecule has 0 amide bonds. The third-order valence-corrected chi connectivity index (χ3v) is 5.30. The van der Waals surface area contributed by atoms with Crippen molar-refractivity contribution in [3.8, 4) is 6.01 Å². The van der Waals surface area contributed by atoms with Crippen LogP contribution in [0.1, 0.15) is 36.3 Å². The first kappa shape index (κ1) is 16.7. The Bertz CT molecular complexity index is 752. The van der Waals surface area contributed by atoms with Gasteiger partial charge in [-0.3, -0.25) is 0 Å². The zero-order chi connectivity index (χ0) is 17.2. The van der Waals surface area contributed by atoms with E-state index in [2.05, 4.69) is 35.8 Å². The summed E-state index contributed by atoms with van der Waals surface area (Å²) in [4.78, 5) is 20.2. The molecule has 1 atom stereocenters. The van der Waals surface area contributed by atoms with Crippen LogP contribution in [0.15, 0.2) is 16.9 Å². The minimum Gasteiger partial charge on any atom is -0.463 e. The second-order valence-corrected chi connectivity index (χ2v) is 7.74. The molecule has 0 saturated carbocycles. The Morgan fingerprint density at radius 1 is 1.20 bits per heavy atom. The van der Waals surface area contributed by atoms with Crippen LogP contribution in [0.5, 0.6) is 6.01 Å². The minimum absolute atomic E-state index is 0.444. The summed E-state index contributed by atoms with van der Waals surface area (Å²) >= 11 is 3.34. The van der Waals surface area contributed by atoms with Crippen molar-refractivity contribution in [3.05, 3.63) is 33.9 Å². The summed E-state index contributed by atoms with van der Waals surface area (Å²) in [5.41, 5.74) is 2.62. The first-order chi connectivity index (χ1) is 12.2. The third kappa shape index (κ3) is 3.76. The lowest BCUT2D eigenvalue weighted by molar-refractivity contribution is 0.213. The van der Waals surface area contributed by atoms with Gasteiger partial charge in [0.05, 0.1) is 11.1 Å². The van der Waals surface area contributed by atoms with Gasteiger partial charge in [0.2, 0.25) is 0 Å². The molecule has 1 aliphatic heterocycles. The van der Waals surface area contributed by atoms with E-state index in [9.17, 15) is 0 Å². The fourth-order valence-corrected chi connectivity index (χ4v) is 3.96.